The molecular formula is C30H26NO+. The quantitative estimate of drug-likeness (QED) is 0.264. The number of nitrogens with zero attached hydrogens (tertiary/aromatic N) is 1. The van der Waals surface area contributed by atoms with Gasteiger partial charge in [-0.05, 0) is 59.7 Å². The standard InChI is InChI=1S/C30H26NO/c1-19-12-13-21-28-25(32-29(21)26(19)24-11-5-8-18-31(24)2)15-14-23-27(28)20-9-3-4-10-22(20)30(23)16-6-7-17-30/h3-5,8-15,18H,6-7,16-17H2,1-2H3/q+1. The van der Waals surface area contributed by atoms with Crippen molar-refractivity contribution in [1.29, 1.82) is 0 Å². The molecule has 0 radical (unpaired) electrons. The van der Waals surface area contributed by atoms with Crippen molar-refractivity contribution in [3.8, 4) is 22.4 Å². The molecule has 0 atom stereocenters. The molecule has 2 aliphatic rings. The van der Waals surface area contributed by atoms with Gasteiger partial charge in [-0.1, -0.05) is 55.3 Å². The summed E-state index contributed by atoms with van der Waals surface area (Å²) in [7, 11) is 2.11. The number of aromatic nitrogens is 1. The van der Waals surface area contributed by atoms with Crippen molar-refractivity contribution in [3.05, 3.63) is 89.6 Å². The number of hydrogen-bond acceptors (Lipinski definition) is 1. The van der Waals surface area contributed by atoms with E-state index in [0.717, 1.165) is 11.2 Å². The molecule has 2 nitrogen and oxygen atoms in total. The van der Waals surface area contributed by atoms with Gasteiger partial charge in [-0.25, -0.2) is 4.57 Å². The van der Waals surface area contributed by atoms with Crippen LogP contribution in [0.3, 0.4) is 0 Å². The van der Waals surface area contributed by atoms with Crippen LogP contribution in [0, 0.1) is 6.92 Å². The lowest BCUT2D eigenvalue weighted by Gasteiger charge is -2.26. The Morgan fingerprint density at radius 3 is 2.47 bits per heavy atom. The SMILES string of the molecule is Cc1ccc2c(oc3ccc4c(c32)-c2ccccc2C42CCCC2)c1-c1cccc[n+]1C. The Labute approximate surface area is 188 Å². The largest absolute Gasteiger partial charge is 0.455 e. The van der Waals surface area contributed by atoms with E-state index in [1.54, 1.807) is 0 Å². The normalized spacial score (nSPS) is 16.2. The lowest BCUT2D eigenvalue weighted by atomic mass is 9.76. The highest BCUT2D eigenvalue weighted by atomic mass is 16.3. The van der Waals surface area contributed by atoms with Crippen LogP contribution in [0.2, 0.25) is 0 Å². The van der Waals surface area contributed by atoms with Gasteiger partial charge in [0.2, 0.25) is 5.69 Å². The Balaban J connectivity index is 1.63. The minimum Gasteiger partial charge on any atom is -0.455 e. The molecule has 0 aliphatic heterocycles. The van der Waals surface area contributed by atoms with Crippen molar-refractivity contribution in [2.45, 2.75) is 38.0 Å². The minimum absolute atomic E-state index is 0.184. The molecule has 156 valence electrons. The molecule has 2 heteroatoms. The molecule has 0 N–H and O–H groups in total. The van der Waals surface area contributed by atoms with Crippen LogP contribution in [0.15, 0.2) is 77.3 Å². The maximum Gasteiger partial charge on any atom is 0.216 e. The number of benzene rings is 3. The van der Waals surface area contributed by atoms with Gasteiger partial charge >= 0.3 is 0 Å². The summed E-state index contributed by atoms with van der Waals surface area (Å²) >= 11 is 0. The van der Waals surface area contributed by atoms with E-state index in [0.29, 0.717) is 0 Å². The van der Waals surface area contributed by atoms with Gasteiger partial charge in [0.05, 0.1) is 5.56 Å². The van der Waals surface area contributed by atoms with Crippen LogP contribution >= 0.6 is 0 Å². The number of aryl methyl sites for hydroxylation is 2. The van der Waals surface area contributed by atoms with Gasteiger partial charge in [0, 0.05) is 28.3 Å². The van der Waals surface area contributed by atoms with Crippen LogP contribution in [0.25, 0.3) is 44.3 Å². The average molecular weight is 417 g/mol. The molecular weight excluding hydrogens is 390 g/mol. The summed E-state index contributed by atoms with van der Waals surface area (Å²) in [5.74, 6) is 0. The number of hydrogen-bond donors (Lipinski definition) is 0. The van der Waals surface area contributed by atoms with Crippen LogP contribution in [-0.2, 0) is 12.5 Å². The van der Waals surface area contributed by atoms with Crippen molar-refractivity contribution in [2.24, 2.45) is 7.05 Å². The minimum atomic E-state index is 0.184. The highest BCUT2D eigenvalue weighted by molar-refractivity contribution is 6.17. The number of furan rings is 1. The fourth-order valence-corrected chi connectivity index (χ4v) is 6.59. The zero-order chi connectivity index (χ0) is 21.4. The summed E-state index contributed by atoms with van der Waals surface area (Å²) in [6, 6.07) is 24.6. The van der Waals surface area contributed by atoms with Crippen molar-refractivity contribution >= 4 is 21.9 Å². The van der Waals surface area contributed by atoms with Gasteiger partial charge in [-0.15, -0.1) is 0 Å². The number of pyridine rings is 1. The van der Waals surface area contributed by atoms with E-state index in [1.807, 2.05) is 0 Å². The smallest absolute Gasteiger partial charge is 0.216 e. The predicted molar refractivity (Wildman–Crippen MR) is 130 cm³/mol. The summed E-state index contributed by atoms with van der Waals surface area (Å²) in [6.45, 7) is 2.18. The third kappa shape index (κ3) is 2.17. The molecule has 3 aromatic carbocycles. The van der Waals surface area contributed by atoms with Crippen molar-refractivity contribution in [3.63, 3.8) is 0 Å². The van der Waals surface area contributed by atoms with Gasteiger partial charge in [0.15, 0.2) is 6.20 Å². The lowest BCUT2D eigenvalue weighted by molar-refractivity contribution is -0.660. The second-order valence-corrected chi connectivity index (χ2v) is 9.63. The van der Waals surface area contributed by atoms with Gasteiger partial charge in [0.25, 0.3) is 0 Å². The van der Waals surface area contributed by atoms with E-state index in [1.165, 1.54) is 75.5 Å². The van der Waals surface area contributed by atoms with E-state index in [9.17, 15) is 0 Å². The van der Waals surface area contributed by atoms with Crippen LogP contribution < -0.4 is 4.57 Å². The molecule has 2 heterocycles. The zero-order valence-corrected chi connectivity index (χ0v) is 18.6. The Morgan fingerprint density at radius 2 is 1.62 bits per heavy atom. The fraction of sp³-hybridized carbons (Fsp3) is 0.233. The van der Waals surface area contributed by atoms with Crippen molar-refractivity contribution < 1.29 is 8.98 Å². The first-order chi connectivity index (χ1) is 15.7. The van der Waals surface area contributed by atoms with Crippen LogP contribution in [-0.4, -0.2) is 0 Å². The number of fused-ring (bicyclic) bond motifs is 9. The first-order valence-electron chi connectivity index (χ1n) is 11.7. The van der Waals surface area contributed by atoms with E-state index in [2.05, 4.69) is 91.5 Å². The summed E-state index contributed by atoms with van der Waals surface area (Å²) in [4.78, 5) is 0. The van der Waals surface area contributed by atoms with Crippen molar-refractivity contribution in [2.75, 3.05) is 0 Å². The summed E-state index contributed by atoms with van der Waals surface area (Å²) < 4.78 is 8.83. The third-order valence-electron chi connectivity index (χ3n) is 8.01. The van der Waals surface area contributed by atoms with Gasteiger partial charge < -0.3 is 4.42 Å². The van der Waals surface area contributed by atoms with E-state index in [-0.39, 0.29) is 5.41 Å². The van der Waals surface area contributed by atoms with Crippen LogP contribution in [0.1, 0.15) is 42.4 Å². The maximum absolute atomic E-state index is 6.65. The first kappa shape index (κ1) is 18.2. The Bertz CT molecular complexity index is 1550. The molecule has 32 heavy (non-hydrogen) atoms. The zero-order valence-electron chi connectivity index (χ0n) is 18.6. The topological polar surface area (TPSA) is 17.0 Å². The molecule has 1 fully saturated rings. The first-order valence-corrected chi connectivity index (χ1v) is 11.7. The second kappa shape index (κ2) is 6.32. The molecule has 0 bridgehead atoms. The van der Waals surface area contributed by atoms with E-state index in [4.69, 9.17) is 4.42 Å². The monoisotopic (exact) mass is 416 g/mol. The molecule has 0 saturated heterocycles. The second-order valence-electron chi connectivity index (χ2n) is 9.63. The Morgan fingerprint density at radius 1 is 0.812 bits per heavy atom. The summed E-state index contributed by atoms with van der Waals surface area (Å²) in [5, 5.41) is 2.51. The third-order valence-corrected chi connectivity index (χ3v) is 8.01. The Hall–Kier alpha value is -3.39. The molecule has 5 aromatic rings. The highest BCUT2D eigenvalue weighted by Gasteiger charge is 2.45. The molecule has 0 amide bonds. The Kier molecular flexibility index (Phi) is 3.60. The maximum atomic E-state index is 6.65. The molecule has 7 rings (SSSR count). The molecule has 1 saturated carbocycles. The highest BCUT2D eigenvalue weighted by Crippen LogP contribution is 2.59. The lowest BCUT2D eigenvalue weighted by Crippen LogP contribution is -2.30. The average Bonchev–Trinajstić information content (AvgIpc) is 3.51. The van der Waals surface area contributed by atoms with Crippen LogP contribution in [0.4, 0.5) is 0 Å². The van der Waals surface area contributed by atoms with Crippen molar-refractivity contribution in [1.82, 2.24) is 0 Å². The summed E-state index contributed by atoms with van der Waals surface area (Å²) in [5.41, 5.74) is 11.6. The molecule has 2 aliphatic carbocycles. The number of rotatable bonds is 1. The molecule has 2 aromatic heterocycles. The molecule has 1 spiro atoms. The van der Waals surface area contributed by atoms with E-state index >= 15 is 0 Å². The summed E-state index contributed by atoms with van der Waals surface area (Å²) in [6.07, 6.45) is 7.23. The van der Waals surface area contributed by atoms with Gasteiger partial charge in [-0.3, -0.25) is 0 Å². The van der Waals surface area contributed by atoms with Gasteiger partial charge in [-0.2, -0.15) is 0 Å². The van der Waals surface area contributed by atoms with Crippen LogP contribution in [0.5, 0.6) is 0 Å². The van der Waals surface area contributed by atoms with E-state index < -0.39 is 0 Å². The van der Waals surface area contributed by atoms with Gasteiger partial charge in [0.1, 0.15) is 18.2 Å². The molecule has 0 unspecified atom stereocenters. The predicted octanol–water partition coefficient (Wildman–Crippen LogP) is 7.23. The fourth-order valence-electron chi connectivity index (χ4n) is 6.59.